The average Bonchev–Trinajstić information content (AvgIpc) is 3.10. The second-order valence-corrected chi connectivity index (χ2v) is 6.91. The molecule has 1 aliphatic heterocycles. The number of aryl methyl sites for hydroxylation is 1. The van der Waals surface area contributed by atoms with Crippen LogP contribution in [-0.2, 0) is 17.7 Å². The number of amides is 2. The number of hydrogen-bond acceptors (Lipinski definition) is 4. The fraction of sp³-hybridized carbons (Fsp3) is 0.750. The van der Waals surface area contributed by atoms with E-state index >= 15 is 0 Å². The molecule has 1 aromatic heterocycles. The Morgan fingerprint density at radius 1 is 1.41 bits per heavy atom. The molecule has 0 bridgehead atoms. The molecule has 6 heteroatoms. The predicted molar refractivity (Wildman–Crippen MR) is 83.4 cm³/mol. The van der Waals surface area contributed by atoms with Crippen LogP contribution in [0.2, 0.25) is 0 Å². The van der Waals surface area contributed by atoms with Gasteiger partial charge in [-0.05, 0) is 18.3 Å². The van der Waals surface area contributed by atoms with Crippen LogP contribution >= 0.6 is 0 Å². The Morgan fingerprint density at radius 2 is 2.18 bits per heavy atom. The summed E-state index contributed by atoms with van der Waals surface area (Å²) in [5, 5.41) is 9.61. The lowest BCUT2D eigenvalue weighted by atomic mass is 9.81. The molecule has 2 N–H and O–H groups in total. The lowest BCUT2D eigenvalue weighted by Gasteiger charge is -2.31. The SMILES string of the molecule is CCc1cc(CNC(=O)NC[C@H]2CCO[C@@H]2C(C)(C)C)on1. The number of hydrogen-bond donors (Lipinski definition) is 2. The van der Waals surface area contributed by atoms with Crippen LogP contribution in [0, 0.1) is 11.3 Å². The number of nitrogens with zero attached hydrogens (tertiary/aromatic N) is 1. The van der Waals surface area contributed by atoms with Crippen LogP contribution in [0.3, 0.4) is 0 Å². The van der Waals surface area contributed by atoms with Crippen molar-refractivity contribution < 1.29 is 14.1 Å². The molecule has 2 amide bonds. The summed E-state index contributed by atoms with van der Waals surface area (Å²) in [6.07, 6.45) is 2.00. The third-order valence-corrected chi connectivity index (χ3v) is 3.99. The van der Waals surface area contributed by atoms with Gasteiger partial charge in [0.05, 0.1) is 18.3 Å². The van der Waals surface area contributed by atoms with E-state index in [2.05, 4.69) is 36.6 Å². The van der Waals surface area contributed by atoms with Gasteiger partial charge < -0.3 is 19.9 Å². The summed E-state index contributed by atoms with van der Waals surface area (Å²) in [7, 11) is 0. The van der Waals surface area contributed by atoms with Gasteiger partial charge in [-0.1, -0.05) is 32.9 Å². The number of rotatable bonds is 5. The molecule has 6 nitrogen and oxygen atoms in total. The normalized spacial score (nSPS) is 21.8. The Kier molecular flexibility index (Phi) is 5.45. The zero-order valence-electron chi connectivity index (χ0n) is 13.9. The van der Waals surface area contributed by atoms with Crippen molar-refractivity contribution in [2.45, 2.75) is 53.2 Å². The highest BCUT2D eigenvalue weighted by Gasteiger charge is 2.37. The van der Waals surface area contributed by atoms with Crippen LogP contribution in [0.5, 0.6) is 0 Å². The molecule has 1 saturated heterocycles. The summed E-state index contributed by atoms with van der Waals surface area (Å²) in [6, 6.07) is 1.68. The van der Waals surface area contributed by atoms with Gasteiger partial charge in [0.1, 0.15) is 0 Å². The number of carbonyl (C=O) groups excluding carboxylic acids is 1. The molecule has 0 aliphatic carbocycles. The quantitative estimate of drug-likeness (QED) is 0.876. The van der Waals surface area contributed by atoms with Crippen molar-refractivity contribution in [1.82, 2.24) is 15.8 Å². The van der Waals surface area contributed by atoms with Crippen LogP contribution in [0.1, 0.15) is 45.6 Å². The van der Waals surface area contributed by atoms with E-state index in [0.717, 1.165) is 25.1 Å². The van der Waals surface area contributed by atoms with E-state index in [9.17, 15) is 4.79 Å². The van der Waals surface area contributed by atoms with Crippen molar-refractivity contribution in [2.75, 3.05) is 13.2 Å². The van der Waals surface area contributed by atoms with E-state index in [1.54, 1.807) is 0 Å². The van der Waals surface area contributed by atoms with Gasteiger partial charge in [0, 0.05) is 25.1 Å². The fourth-order valence-corrected chi connectivity index (χ4v) is 2.86. The highest BCUT2D eigenvalue weighted by Crippen LogP contribution is 2.34. The number of aromatic nitrogens is 1. The first-order valence-corrected chi connectivity index (χ1v) is 7.98. The zero-order valence-corrected chi connectivity index (χ0v) is 13.9. The number of urea groups is 1. The van der Waals surface area contributed by atoms with Crippen LogP contribution < -0.4 is 10.6 Å². The zero-order chi connectivity index (χ0) is 16.2. The Bertz CT molecular complexity index is 493. The molecule has 1 fully saturated rings. The Balaban J connectivity index is 1.73. The lowest BCUT2D eigenvalue weighted by Crippen LogP contribution is -2.42. The maximum atomic E-state index is 11.9. The summed E-state index contributed by atoms with van der Waals surface area (Å²) in [6.45, 7) is 10.3. The molecule has 0 unspecified atom stereocenters. The van der Waals surface area contributed by atoms with E-state index in [1.807, 2.05) is 13.0 Å². The van der Waals surface area contributed by atoms with E-state index in [0.29, 0.717) is 24.8 Å². The van der Waals surface area contributed by atoms with Crippen molar-refractivity contribution in [2.24, 2.45) is 11.3 Å². The molecule has 2 rings (SSSR count). The van der Waals surface area contributed by atoms with Crippen LogP contribution in [0.25, 0.3) is 0 Å². The molecule has 1 aromatic rings. The second-order valence-electron chi connectivity index (χ2n) is 6.91. The summed E-state index contributed by atoms with van der Waals surface area (Å²) < 4.78 is 10.9. The highest BCUT2D eigenvalue weighted by atomic mass is 16.5. The standard InChI is InChI=1S/C16H27N3O3/c1-5-12-8-13(22-19-12)10-18-15(20)17-9-11-6-7-21-14(11)16(2,3)4/h8,11,14H,5-7,9-10H2,1-4H3,(H2,17,18,20)/t11-,14+/m1/s1. The van der Waals surface area contributed by atoms with Gasteiger partial charge in [0.25, 0.3) is 0 Å². The maximum Gasteiger partial charge on any atom is 0.315 e. The fourth-order valence-electron chi connectivity index (χ4n) is 2.86. The van der Waals surface area contributed by atoms with Crippen molar-refractivity contribution in [3.05, 3.63) is 17.5 Å². The van der Waals surface area contributed by atoms with Crippen molar-refractivity contribution in [3.8, 4) is 0 Å². The van der Waals surface area contributed by atoms with E-state index < -0.39 is 0 Å². The Hall–Kier alpha value is -1.56. The Morgan fingerprint density at radius 3 is 2.82 bits per heavy atom. The average molecular weight is 309 g/mol. The molecular weight excluding hydrogens is 282 g/mol. The summed E-state index contributed by atoms with van der Waals surface area (Å²) >= 11 is 0. The first kappa shape index (κ1) is 16.8. The predicted octanol–water partition coefficient (Wildman–Crippen LogP) is 2.49. The summed E-state index contributed by atoms with van der Waals surface area (Å²) in [5.41, 5.74) is 0.990. The monoisotopic (exact) mass is 309 g/mol. The van der Waals surface area contributed by atoms with Crippen molar-refractivity contribution >= 4 is 6.03 Å². The van der Waals surface area contributed by atoms with Gasteiger partial charge in [-0.25, -0.2) is 4.79 Å². The molecule has 2 atom stereocenters. The first-order chi connectivity index (χ1) is 10.4. The highest BCUT2D eigenvalue weighted by molar-refractivity contribution is 5.73. The molecule has 1 aliphatic rings. The number of carbonyl (C=O) groups is 1. The maximum absolute atomic E-state index is 11.9. The molecule has 124 valence electrons. The minimum absolute atomic E-state index is 0.0930. The van der Waals surface area contributed by atoms with Gasteiger partial charge >= 0.3 is 6.03 Å². The van der Waals surface area contributed by atoms with Crippen LogP contribution in [-0.4, -0.2) is 30.4 Å². The molecule has 0 aromatic carbocycles. The minimum atomic E-state index is -0.186. The lowest BCUT2D eigenvalue weighted by molar-refractivity contribution is 0.00774. The van der Waals surface area contributed by atoms with Crippen LogP contribution in [0.4, 0.5) is 4.79 Å². The topological polar surface area (TPSA) is 76.4 Å². The largest absolute Gasteiger partial charge is 0.377 e. The van der Waals surface area contributed by atoms with E-state index in [4.69, 9.17) is 9.26 Å². The van der Waals surface area contributed by atoms with Gasteiger partial charge in [-0.3, -0.25) is 0 Å². The first-order valence-electron chi connectivity index (χ1n) is 7.98. The van der Waals surface area contributed by atoms with Gasteiger partial charge in [0.2, 0.25) is 0 Å². The minimum Gasteiger partial charge on any atom is -0.377 e. The molecule has 22 heavy (non-hydrogen) atoms. The van der Waals surface area contributed by atoms with Gasteiger partial charge in [-0.15, -0.1) is 0 Å². The molecule has 0 spiro atoms. The summed E-state index contributed by atoms with van der Waals surface area (Å²) in [4.78, 5) is 11.9. The van der Waals surface area contributed by atoms with Gasteiger partial charge in [-0.2, -0.15) is 0 Å². The molecule has 0 radical (unpaired) electrons. The van der Waals surface area contributed by atoms with Crippen molar-refractivity contribution in [1.29, 1.82) is 0 Å². The smallest absolute Gasteiger partial charge is 0.315 e. The van der Waals surface area contributed by atoms with Gasteiger partial charge in [0.15, 0.2) is 5.76 Å². The molecule has 2 heterocycles. The molecular formula is C16H27N3O3. The van der Waals surface area contributed by atoms with Crippen molar-refractivity contribution in [3.63, 3.8) is 0 Å². The Labute approximate surface area is 132 Å². The third kappa shape index (κ3) is 4.47. The summed E-state index contributed by atoms with van der Waals surface area (Å²) in [5.74, 6) is 1.03. The second kappa shape index (κ2) is 7.13. The van der Waals surface area contributed by atoms with E-state index in [1.165, 1.54) is 0 Å². The number of nitrogens with one attached hydrogen (secondary N) is 2. The van der Waals surface area contributed by atoms with E-state index in [-0.39, 0.29) is 17.6 Å². The molecule has 0 saturated carbocycles. The number of ether oxygens (including phenoxy) is 1. The third-order valence-electron chi connectivity index (χ3n) is 3.99. The van der Waals surface area contributed by atoms with Crippen LogP contribution in [0.15, 0.2) is 10.6 Å².